The van der Waals surface area contributed by atoms with Crippen LogP contribution < -0.4 is 0 Å². The number of carbonyl (C=O) groups is 2. The Morgan fingerprint density at radius 3 is 1.00 bits per heavy atom. The minimum atomic E-state index is -0.879. The minimum absolute atomic E-state index is 0.331. The first-order valence-corrected chi connectivity index (χ1v) is 8.00. The fourth-order valence-electron chi connectivity index (χ4n) is 1.82. The molecule has 0 spiro atoms. The molecule has 0 saturated heterocycles. The van der Waals surface area contributed by atoms with E-state index in [2.05, 4.69) is 38.1 Å². The van der Waals surface area contributed by atoms with Crippen molar-refractivity contribution in [2.45, 2.75) is 13.8 Å². The lowest BCUT2D eigenvalue weighted by molar-refractivity contribution is 0.0686. The van der Waals surface area contributed by atoms with Gasteiger partial charge in [0, 0.05) is 0 Å². The monoisotopic (exact) mass is 350 g/mol. The summed E-state index contributed by atoms with van der Waals surface area (Å²) in [5.74, 6) is -1.76. The summed E-state index contributed by atoms with van der Waals surface area (Å²) in [5, 5.41) is 16.8. The van der Waals surface area contributed by atoms with E-state index in [-0.39, 0.29) is 0 Å². The highest BCUT2D eigenvalue weighted by atomic mass is 16.4. The molecule has 2 N–H and O–H groups in total. The molecule has 0 atom stereocenters. The van der Waals surface area contributed by atoms with Gasteiger partial charge in [-0.25, -0.2) is 9.59 Å². The van der Waals surface area contributed by atoms with E-state index >= 15 is 0 Å². The Balaban J connectivity index is 0.000000195. The molecule has 0 fully saturated rings. The largest absolute Gasteiger partial charge is 0.478 e. The molecule has 0 aliphatic rings. The molecule has 0 saturated carbocycles. The molecule has 4 nitrogen and oxygen atoms in total. The molecule has 0 bridgehead atoms. The van der Waals surface area contributed by atoms with Crippen molar-refractivity contribution in [1.82, 2.24) is 0 Å². The third kappa shape index (κ3) is 7.93. The quantitative estimate of drug-likeness (QED) is 0.676. The maximum Gasteiger partial charge on any atom is 0.335 e. The van der Waals surface area contributed by atoms with E-state index in [4.69, 9.17) is 10.2 Å². The maximum absolute atomic E-state index is 10.2. The molecule has 3 aromatic rings. The summed E-state index contributed by atoms with van der Waals surface area (Å²) in [6, 6.07) is 24.9. The van der Waals surface area contributed by atoms with E-state index in [1.807, 2.05) is 0 Å². The molecule has 0 aromatic heterocycles. The molecular formula is C22H22O4. The lowest BCUT2D eigenvalue weighted by atomic mass is 10.1. The summed E-state index contributed by atoms with van der Waals surface area (Å²) < 4.78 is 0. The summed E-state index contributed by atoms with van der Waals surface area (Å²) in [6.07, 6.45) is 0. The highest BCUT2D eigenvalue weighted by molar-refractivity contribution is 5.87. The third-order valence-electron chi connectivity index (χ3n) is 3.47. The number of hydrogen-bond donors (Lipinski definition) is 2. The van der Waals surface area contributed by atoms with Crippen molar-refractivity contribution < 1.29 is 19.8 Å². The predicted molar refractivity (Wildman–Crippen MR) is 103 cm³/mol. The first-order valence-electron chi connectivity index (χ1n) is 8.00. The van der Waals surface area contributed by atoms with Gasteiger partial charge in [-0.2, -0.15) is 0 Å². The normalized spacial score (nSPS) is 9.00. The number of rotatable bonds is 2. The standard InChI is InChI=1S/C8H10.2C7H6O2/c1-7-5-3-4-6-8(7)2;2*8-7(9)6-4-2-1-3-5-6/h3-6H,1-2H3;2*1-5H,(H,8,9). The van der Waals surface area contributed by atoms with Crippen LogP contribution in [0.5, 0.6) is 0 Å². The number of aryl methyl sites for hydroxylation is 2. The third-order valence-corrected chi connectivity index (χ3v) is 3.47. The number of aromatic carboxylic acids is 2. The van der Waals surface area contributed by atoms with Crippen LogP contribution in [0.25, 0.3) is 0 Å². The Morgan fingerprint density at radius 2 is 0.808 bits per heavy atom. The Bertz CT molecular complexity index is 741. The van der Waals surface area contributed by atoms with Crippen LogP contribution in [0.1, 0.15) is 31.8 Å². The molecule has 3 aromatic carbocycles. The van der Waals surface area contributed by atoms with Gasteiger partial charge in [0.25, 0.3) is 0 Å². The summed E-state index contributed by atoms with van der Waals surface area (Å²) in [7, 11) is 0. The van der Waals surface area contributed by atoms with Crippen LogP contribution >= 0.6 is 0 Å². The van der Waals surface area contributed by atoms with Crippen LogP contribution in [-0.2, 0) is 0 Å². The summed E-state index contributed by atoms with van der Waals surface area (Å²) in [4.78, 5) is 20.4. The van der Waals surface area contributed by atoms with E-state index in [1.165, 1.54) is 11.1 Å². The van der Waals surface area contributed by atoms with Crippen LogP contribution in [0.3, 0.4) is 0 Å². The molecule has 0 heterocycles. The second kappa shape index (κ2) is 11.2. The fraction of sp³-hybridized carbons (Fsp3) is 0.0909. The van der Waals surface area contributed by atoms with Gasteiger partial charge in [-0.05, 0) is 49.2 Å². The van der Waals surface area contributed by atoms with E-state index in [1.54, 1.807) is 60.7 Å². The Morgan fingerprint density at radius 1 is 0.538 bits per heavy atom. The Kier molecular flexibility index (Phi) is 8.90. The van der Waals surface area contributed by atoms with E-state index in [0.717, 1.165) is 0 Å². The van der Waals surface area contributed by atoms with E-state index in [9.17, 15) is 9.59 Å². The molecule has 0 aliphatic heterocycles. The van der Waals surface area contributed by atoms with Gasteiger partial charge in [0.15, 0.2) is 0 Å². The molecule has 0 amide bonds. The van der Waals surface area contributed by atoms with Gasteiger partial charge in [0.1, 0.15) is 0 Å². The summed E-state index contributed by atoms with van der Waals surface area (Å²) in [5.41, 5.74) is 3.40. The van der Waals surface area contributed by atoms with Crippen LogP contribution in [0.2, 0.25) is 0 Å². The lowest BCUT2D eigenvalue weighted by Gasteiger charge is -1.93. The molecule has 134 valence electrons. The SMILES string of the molecule is Cc1ccccc1C.O=C(O)c1ccccc1.O=C(O)c1ccccc1. The number of hydrogen-bond acceptors (Lipinski definition) is 2. The Hall–Kier alpha value is -3.40. The van der Waals surface area contributed by atoms with E-state index < -0.39 is 11.9 Å². The van der Waals surface area contributed by atoms with Gasteiger partial charge in [-0.15, -0.1) is 0 Å². The predicted octanol–water partition coefficient (Wildman–Crippen LogP) is 5.07. The zero-order chi connectivity index (χ0) is 19.4. The topological polar surface area (TPSA) is 74.6 Å². The van der Waals surface area contributed by atoms with Gasteiger partial charge >= 0.3 is 11.9 Å². The van der Waals surface area contributed by atoms with Crippen molar-refractivity contribution >= 4 is 11.9 Å². The molecule has 3 rings (SSSR count). The van der Waals surface area contributed by atoms with Crippen molar-refractivity contribution in [1.29, 1.82) is 0 Å². The lowest BCUT2D eigenvalue weighted by Crippen LogP contribution is -1.93. The highest BCUT2D eigenvalue weighted by Gasteiger charge is 1.97. The van der Waals surface area contributed by atoms with Gasteiger partial charge in [-0.3, -0.25) is 0 Å². The molecule has 0 radical (unpaired) electrons. The van der Waals surface area contributed by atoms with Gasteiger partial charge in [0.2, 0.25) is 0 Å². The van der Waals surface area contributed by atoms with Gasteiger partial charge in [0.05, 0.1) is 11.1 Å². The maximum atomic E-state index is 10.2. The first kappa shape index (κ1) is 20.6. The zero-order valence-corrected chi connectivity index (χ0v) is 14.8. The zero-order valence-electron chi connectivity index (χ0n) is 14.8. The number of carboxylic acid groups (broad SMARTS) is 2. The van der Waals surface area contributed by atoms with Crippen molar-refractivity contribution in [3.63, 3.8) is 0 Å². The van der Waals surface area contributed by atoms with Crippen LogP contribution in [0.4, 0.5) is 0 Å². The van der Waals surface area contributed by atoms with Crippen molar-refractivity contribution in [3.8, 4) is 0 Å². The second-order valence-electron chi connectivity index (χ2n) is 5.43. The molecule has 0 aliphatic carbocycles. The fourth-order valence-corrected chi connectivity index (χ4v) is 1.82. The summed E-state index contributed by atoms with van der Waals surface area (Å²) in [6.45, 7) is 4.24. The molecular weight excluding hydrogens is 328 g/mol. The van der Waals surface area contributed by atoms with Crippen molar-refractivity contribution in [2.24, 2.45) is 0 Å². The van der Waals surface area contributed by atoms with Crippen molar-refractivity contribution in [3.05, 3.63) is 107 Å². The van der Waals surface area contributed by atoms with Gasteiger partial charge in [-0.1, -0.05) is 60.7 Å². The highest BCUT2D eigenvalue weighted by Crippen LogP contribution is 2.02. The average molecular weight is 350 g/mol. The van der Waals surface area contributed by atoms with Crippen LogP contribution in [-0.4, -0.2) is 22.2 Å². The second-order valence-corrected chi connectivity index (χ2v) is 5.43. The average Bonchev–Trinajstić information content (AvgIpc) is 2.66. The van der Waals surface area contributed by atoms with Gasteiger partial charge < -0.3 is 10.2 Å². The first-order chi connectivity index (χ1) is 12.4. The molecule has 4 heteroatoms. The molecule has 0 unspecified atom stereocenters. The van der Waals surface area contributed by atoms with Crippen LogP contribution in [0.15, 0.2) is 84.9 Å². The van der Waals surface area contributed by atoms with Crippen LogP contribution in [0, 0.1) is 13.8 Å². The Labute approximate surface area is 153 Å². The number of carboxylic acids is 2. The van der Waals surface area contributed by atoms with Crippen molar-refractivity contribution in [2.75, 3.05) is 0 Å². The molecule has 26 heavy (non-hydrogen) atoms. The summed E-state index contributed by atoms with van der Waals surface area (Å²) >= 11 is 0. The smallest absolute Gasteiger partial charge is 0.335 e. The minimum Gasteiger partial charge on any atom is -0.478 e. The number of benzene rings is 3. The van der Waals surface area contributed by atoms with E-state index in [0.29, 0.717) is 11.1 Å².